The number of piperazine rings is 1. The van der Waals surface area contributed by atoms with E-state index < -0.39 is 5.60 Å². The quantitative estimate of drug-likeness (QED) is 0.672. The van der Waals surface area contributed by atoms with Crippen molar-refractivity contribution in [1.82, 2.24) is 24.8 Å². The van der Waals surface area contributed by atoms with E-state index in [0.717, 1.165) is 40.7 Å². The molecule has 28 heavy (non-hydrogen) atoms. The minimum atomic E-state index is -0.760. The first kappa shape index (κ1) is 17.2. The fourth-order valence-corrected chi connectivity index (χ4v) is 4.35. The van der Waals surface area contributed by atoms with Crippen molar-refractivity contribution in [1.29, 1.82) is 0 Å². The number of aliphatic hydroxyl groups is 1. The van der Waals surface area contributed by atoms with Gasteiger partial charge in [-0.05, 0) is 25.5 Å². The summed E-state index contributed by atoms with van der Waals surface area (Å²) in [7, 11) is 0. The Hall–Kier alpha value is -2.87. The number of β-amino-alcohol motifs (C(OH)–C–C–N with tert-alkyl or cyclic N) is 1. The Labute approximate surface area is 162 Å². The lowest BCUT2D eigenvalue weighted by molar-refractivity contribution is 0.0686. The van der Waals surface area contributed by atoms with Gasteiger partial charge in [0.25, 0.3) is 0 Å². The molecule has 146 valence electrons. The number of aromatic amines is 1. The number of hydrogen-bond donors (Lipinski definition) is 2. The third-order valence-electron chi connectivity index (χ3n) is 5.88. The molecular formula is C20H24N6O2. The number of likely N-dealkylation sites (tertiary alicyclic amines) is 1. The van der Waals surface area contributed by atoms with Gasteiger partial charge >= 0.3 is 6.03 Å². The summed E-state index contributed by atoms with van der Waals surface area (Å²) in [5, 5.41) is 12.3. The van der Waals surface area contributed by atoms with Crippen LogP contribution in [0.15, 0.2) is 30.7 Å². The van der Waals surface area contributed by atoms with Crippen molar-refractivity contribution in [2.24, 2.45) is 0 Å². The summed E-state index contributed by atoms with van der Waals surface area (Å²) in [6.45, 7) is 5.72. The van der Waals surface area contributed by atoms with Crippen LogP contribution in [0.1, 0.15) is 13.3 Å². The van der Waals surface area contributed by atoms with Crippen LogP contribution in [0.3, 0.4) is 0 Å². The smallest absolute Gasteiger partial charge is 0.320 e. The normalized spacial score (nSPS) is 23.1. The molecule has 5 heterocycles. The predicted octanol–water partition coefficient (Wildman–Crippen LogP) is 1.81. The maximum atomic E-state index is 12.8. The lowest BCUT2D eigenvalue weighted by Crippen LogP contribution is -2.53. The molecule has 0 aromatic carbocycles. The Kier molecular flexibility index (Phi) is 3.90. The summed E-state index contributed by atoms with van der Waals surface area (Å²) >= 11 is 0. The van der Waals surface area contributed by atoms with Gasteiger partial charge in [0.2, 0.25) is 0 Å². The van der Waals surface area contributed by atoms with Gasteiger partial charge in [-0.25, -0.2) is 14.8 Å². The van der Waals surface area contributed by atoms with E-state index in [0.29, 0.717) is 32.6 Å². The second-order valence-electron chi connectivity index (χ2n) is 8.02. The number of nitrogens with zero attached hydrogens (tertiary/aromatic N) is 5. The summed E-state index contributed by atoms with van der Waals surface area (Å²) in [6, 6.07) is 4.13. The van der Waals surface area contributed by atoms with Gasteiger partial charge in [0.15, 0.2) is 5.65 Å². The number of fused-ring (bicyclic) bond motifs is 3. The molecule has 0 bridgehead atoms. The van der Waals surface area contributed by atoms with E-state index in [1.54, 1.807) is 18.0 Å². The molecule has 0 radical (unpaired) electrons. The van der Waals surface area contributed by atoms with Crippen molar-refractivity contribution >= 4 is 33.7 Å². The molecule has 2 aliphatic heterocycles. The van der Waals surface area contributed by atoms with Gasteiger partial charge < -0.3 is 24.8 Å². The van der Waals surface area contributed by atoms with Gasteiger partial charge in [0.05, 0.1) is 23.9 Å². The number of amides is 2. The number of aromatic nitrogens is 3. The third kappa shape index (κ3) is 2.84. The molecule has 0 saturated carbocycles. The van der Waals surface area contributed by atoms with Crippen LogP contribution in [0, 0.1) is 0 Å². The van der Waals surface area contributed by atoms with Crippen LogP contribution >= 0.6 is 0 Å². The van der Waals surface area contributed by atoms with Crippen LogP contribution in [0.4, 0.5) is 10.5 Å². The first-order chi connectivity index (χ1) is 13.5. The van der Waals surface area contributed by atoms with Crippen LogP contribution in [-0.2, 0) is 0 Å². The molecule has 3 aromatic heterocycles. The van der Waals surface area contributed by atoms with Gasteiger partial charge in [-0.1, -0.05) is 0 Å². The van der Waals surface area contributed by atoms with Crippen LogP contribution in [0.5, 0.6) is 0 Å². The Morgan fingerprint density at radius 3 is 2.71 bits per heavy atom. The first-order valence-electron chi connectivity index (χ1n) is 9.74. The fourth-order valence-electron chi connectivity index (χ4n) is 4.35. The van der Waals surface area contributed by atoms with Gasteiger partial charge in [0.1, 0.15) is 0 Å². The number of carbonyl (C=O) groups is 1. The topological polar surface area (TPSA) is 88.6 Å². The van der Waals surface area contributed by atoms with Crippen molar-refractivity contribution < 1.29 is 9.90 Å². The number of pyridine rings is 2. The maximum Gasteiger partial charge on any atom is 0.320 e. The highest BCUT2D eigenvalue weighted by Gasteiger charge is 2.36. The summed E-state index contributed by atoms with van der Waals surface area (Å²) < 4.78 is 0. The number of carbonyl (C=O) groups excluding carboxylic acids is 1. The van der Waals surface area contributed by atoms with E-state index in [4.69, 9.17) is 0 Å². The molecule has 0 spiro atoms. The number of hydrogen-bond acceptors (Lipinski definition) is 5. The van der Waals surface area contributed by atoms with Crippen molar-refractivity contribution in [3.8, 4) is 0 Å². The van der Waals surface area contributed by atoms with Gasteiger partial charge in [0, 0.05) is 61.6 Å². The third-order valence-corrected chi connectivity index (χ3v) is 5.88. The first-order valence-corrected chi connectivity index (χ1v) is 9.74. The van der Waals surface area contributed by atoms with Crippen molar-refractivity contribution in [3.05, 3.63) is 30.7 Å². The lowest BCUT2D eigenvalue weighted by atomic mass is 10.1. The van der Waals surface area contributed by atoms with Gasteiger partial charge in [-0.2, -0.15) is 0 Å². The minimum absolute atomic E-state index is 0.0375. The second kappa shape index (κ2) is 6.34. The molecule has 3 aromatic rings. The summed E-state index contributed by atoms with van der Waals surface area (Å²) in [4.78, 5) is 30.8. The summed E-state index contributed by atoms with van der Waals surface area (Å²) in [5.74, 6) is 0. The van der Waals surface area contributed by atoms with Crippen molar-refractivity contribution in [3.63, 3.8) is 0 Å². The molecule has 2 saturated heterocycles. The SMILES string of the molecule is CC1(O)CCN(C(=O)N2CCN(c3cc[nH]c4cnc5nccc5c34)CC2)C1. The zero-order valence-corrected chi connectivity index (χ0v) is 15.9. The standard InChI is InChI=1S/C20H24N6O2/c1-20(28)4-7-26(13-20)19(27)25-10-8-24(9-11-25)16-3-6-21-15-12-23-18-14(17(15)16)2-5-22-18/h2-3,5-6,12,21,28H,4,7-11,13H2,1H3. The molecule has 2 N–H and O–H groups in total. The molecule has 1 unspecified atom stereocenters. The predicted molar refractivity (Wildman–Crippen MR) is 107 cm³/mol. The molecule has 8 heteroatoms. The monoisotopic (exact) mass is 380 g/mol. The highest BCUT2D eigenvalue weighted by Crippen LogP contribution is 2.32. The van der Waals surface area contributed by atoms with E-state index >= 15 is 0 Å². The summed E-state index contributed by atoms with van der Waals surface area (Å²) in [6.07, 6.45) is 6.19. The maximum absolute atomic E-state index is 12.8. The van der Waals surface area contributed by atoms with Crippen molar-refractivity contribution in [2.75, 3.05) is 44.2 Å². The molecule has 2 amide bonds. The molecule has 5 rings (SSSR count). The number of anilines is 1. The lowest BCUT2D eigenvalue weighted by Gasteiger charge is -2.38. The number of nitrogens with one attached hydrogen (secondary N) is 1. The minimum Gasteiger partial charge on any atom is -0.388 e. The molecule has 2 fully saturated rings. The van der Waals surface area contributed by atoms with Crippen LogP contribution < -0.4 is 4.90 Å². The average Bonchev–Trinajstić information content (AvgIpc) is 3.33. The molecule has 2 aliphatic rings. The van der Waals surface area contributed by atoms with E-state index in [1.165, 1.54) is 0 Å². The Balaban J connectivity index is 1.36. The molecular weight excluding hydrogens is 356 g/mol. The van der Waals surface area contributed by atoms with Crippen LogP contribution in [-0.4, -0.2) is 80.8 Å². The highest BCUT2D eigenvalue weighted by molar-refractivity contribution is 6.10. The number of rotatable bonds is 1. The number of urea groups is 1. The Bertz CT molecular complexity index is 1040. The molecule has 8 nitrogen and oxygen atoms in total. The number of H-pyrrole nitrogens is 1. The van der Waals surface area contributed by atoms with E-state index in [-0.39, 0.29) is 6.03 Å². The zero-order valence-electron chi connectivity index (χ0n) is 15.9. The van der Waals surface area contributed by atoms with Gasteiger partial charge in [-0.3, -0.25) is 0 Å². The second-order valence-corrected chi connectivity index (χ2v) is 8.02. The van der Waals surface area contributed by atoms with Crippen LogP contribution in [0.25, 0.3) is 21.9 Å². The molecule has 0 aliphatic carbocycles. The van der Waals surface area contributed by atoms with Gasteiger partial charge in [-0.15, -0.1) is 0 Å². The highest BCUT2D eigenvalue weighted by atomic mass is 16.3. The molecule has 1 atom stereocenters. The van der Waals surface area contributed by atoms with E-state index in [2.05, 4.69) is 25.9 Å². The largest absolute Gasteiger partial charge is 0.388 e. The van der Waals surface area contributed by atoms with E-state index in [1.807, 2.05) is 23.4 Å². The summed E-state index contributed by atoms with van der Waals surface area (Å²) in [5.41, 5.74) is 2.12. The Morgan fingerprint density at radius 2 is 1.96 bits per heavy atom. The van der Waals surface area contributed by atoms with Crippen molar-refractivity contribution in [2.45, 2.75) is 18.9 Å². The zero-order chi connectivity index (χ0) is 19.3. The van der Waals surface area contributed by atoms with Crippen LogP contribution in [0.2, 0.25) is 0 Å². The average molecular weight is 380 g/mol. The Morgan fingerprint density at radius 1 is 1.14 bits per heavy atom. The van der Waals surface area contributed by atoms with E-state index in [9.17, 15) is 9.90 Å². The fraction of sp³-hybridized carbons (Fsp3) is 0.450.